The Bertz CT molecular complexity index is 554. The zero-order valence-corrected chi connectivity index (χ0v) is 12.3. The zero-order chi connectivity index (χ0) is 15.2. The van der Waals surface area contributed by atoms with Crippen molar-refractivity contribution in [2.24, 2.45) is 0 Å². The lowest BCUT2D eigenvalue weighted by Crippen LogP contribution is -2.36. The van der Waals surface area contributed by atoms with Crippen LogP contribution in [0.5, 0.6) is 0 Å². The van der Waals surface area contributed by atoms with Crippen LogP contribution in [0.4, 0.5) is 0 Å². The fourth-order valence-electron chi connectivity index (χ4n) is 2.45. The number of amides is 2. The summed E-state index contributed by atoms with van der Waals surface area (Å²) in [5, 5.41) is 2.80. The number of carbonyl (C=O) groups excluding carboxylic acids is 2. The van der Waals surface area contributed by atoms with E-state index in [4.69, 9.17) is 4.74 Å². The van der Waals surface area contributed by atoms with Gasteiger partial charge in [-0.1, -0.05) is 24.3 Å². The number of benzene rings is 1. The van der Waals surface area contributed by atoms with E-state index in [9.17, 15) is 9.59 Å². The Balaban J connectivity index is 2.15. The van der Waals surface area contributed by atoms with E-state index in [0.29, 0.717) is 13.2 Å². The normalized spacial score (nSPS) is 16.5. The molecule has 1 atom stereocenters. The molecule has 0 fully saturated rings. The Morgan fingerprint density at radius 3 is 2.81 bits per heavy atom. The molecule has 0 bridgehead atoms. The summed E-state index contributed by atoms with van der Waals surface area (Å²) in [7, 11) is 1.59. The monoisotopic (exact) mass is 288 g/mol. The number of hydrogen-bond donors (Lipinski definition) is 1. The van der Waals surface area contributed by atoms with Gasteiger partial charge in [0.05, 0.1) is 19.1 Å². The smallest absolute Gasteiger partial charge is 0.223 e. The SMILES string of the molecule is COCCNC(=O)CC1c2ccccc2C=CN1C(C)=O. The van der Waals surface area contributed by atoms with Crippen LogP contribution < -0.4 is 5.32 Å². The van der Waals surface area contributed by atoms with Crippen molar-refractivity contribution in [2.45, 2.75) is 19.4 Å². The minimum absolute atomic E-state index is 0.0737. The molecule has 21 heavy (non-hydrogen) atoms. The second kappa shape index (κ2) is 7.04. The van der Waals surface area contributed by atoms with Gasteiger partial charge in [0.15, 0.2) is 0 Å². The van der Waals surface area contributed by atoms with Gasteiger partial charge in [0.2, 0.25) is 11.8 Å². The summed E-state index contributed by atoms with van der Waals surface area (Å²) < 4.78 is 4.91. The minimum atomic E-state index is -0.258. The van der Waals surface area contributed by atoms with Gasteiger partial charge in [0.25, 0.3) is 0 Å². The highest BCUT2D eigenvalue weighted by molar-refractivity contribution is 5.81. The van der Waals surface area contributed by atoms with Gasteiger partial charge in [-0.05, 0) is 17.2 Å². The average molecular weight is 288 g/mol. The summed E-state index contributed by atoms with van der Waals surface area (Å²) in [5.74, 6) is -0.163. The van der Waals surface area contributed by atoms with Crippen LogP contribution in [0, 0.1) is 0 Å². The van der Waals surface area contributed by atoms with E-state index in [2.05, 4.69) is 5.32 Å². The first-order valence-corrected chi connectivity index (χ1v) is 6.95. The van der Waals surface area contributed by atoms with E-state index < -0.39 is 0 Å². The fourth-order valence-corrected chi connectivity index (χ4v) is 2.45. The van der Waals surface area contributed by atoms with Crippen molar-refractivity contribution in [3.05, 3.63) is 41.6 Å². The molecule has 5 nitrogen and oxygen atoms in total. The number of nitrogens with zero attached hydrogens (tertiary/aromatic N) is 1. The summed E-state index contributed by atoms with van der Waals surface area (Å²) in [6, 6.07) is 7.56. The molecule has 2 rings (SSSR count). The van der Waals surface area contributed by atoms with Crippen molar-refractivity contribution in [2.75, 3.05) is 20.3 Å². The van der Waals surface area contributed by atoms with E-state index >= 15 is 0 Å². The lowest BCUT2D eigenvalue weighted by molar-refractivity contribution is -0.130. The molecule has 1 heterocycles. The molecular formula is C16H20N2O3. The summed E-state index contributed by atoms with van der Waals surface area (Å²) in [6.07, 6.45) is 3.89. The van der Waals surface area contributed by atoms with Crippen molar-refractivity contribution < 1.29 is 14.3 Å². The standard InChI is InChI=1S/C16H20N2O3/c1-12(19)18-9-7-13-5-3-4-6-14(13)15(18)11-16(20)17-8-10-21-2/h3-7,9,15H,8,10-11H2,1-2H3,(H,17,20). The van der Waals surface area contributed by atoms with Gasteiger partial charge in [-0.25, -0.2) is 0 Å². The van der Waals surface area contributed by atoms with Crippen LogP contribution >= 0.6 is 0 Å². The van der Waals surface area contributed by atoms with Gasteiger partial charge in [-0.3, -0.25) is 9.59 Å². The lowest BCUT2D eigenvalue weighted by atomic mass is 9.93. The molecule has 5 heteroatoms. The van der Waals surface area contributed by atoms with Crippen molar-refractivity contribution in [1.29, 1.82) is 0 Å². The van der Waals surface area contributed by atoms with Crippen LogP contribution in [0.3, 0.4) is 0 Å². The second-order valence-corrected chi connectivity index (χ2v) is 4.93. The predicted molar refractivity (Wildman–Crippen MR) is 80.2 cm³/mol. The van der Waals surface area contributed by atoms with Crippen LogP contribution in [0.1, 0.15) is 30.5 Å². The van der Waals surface area contributed by atoms with Crippen molar-refractivity contribution in [1.82, 2.24) is 10.2 Å². The molecule has 0 aromatic heterocycles. The van der Waals surface area contributed by atoms with E-state index in [0.717, 1.165) is 11.1 Å². The number of carbonyl (C=O) groups is 2. The summed E-state index contributed by atoms with van der Waals surface area (Å²) in [6.45, 7) is 2.46. The van der Waals surface area contributed by atoms with Crippen LogP contribution in [-0.2, 0) is 14.3 Å². The Hall–Kier alpha value is -2.14. The molecule has 112 valence electrons. The Morgan fingerprint density at radius 2 is 2.10 bits per heavy atom. The summed E-state index contributed by atoms with van der Waals surface area (Å²) >= 11 is 0. The summed E-state index contributed by atoms with van der Waals surface area (Å²) in [4.78, 5) is 25.4. The Kier molecular flexibility index (Phi) is 5.11. The van der Waals surface area contributed by atoms with Crippen molar-refractivity contribution in [3.63, 3.8) is 0 Å². The molecule has 0 aliphatic carbocycles. The fraction of sp³-hybridized carbons (Fsp3) is 0.375. The van der Waals surface area contributed by atoms with Crippen LogP contribution in [-0.4, -0.2) is 37.0 Å². The molecule has 2 amide bonds. The van der Waals surface area contributed by atoms with E-state index in [1.807, 2.05) is 30.3 Å². The Labute approximate surface area is 124 Å². The first-order chi connectivity index (χ1) is 10.1. The van der Waals surface area contributed by atoms with Crippen LogP contribution in [0.15, 0.2) is 30.5 Å². The number of nitrogens with one attached hydrogen (secondary N) is 1. The van der Waals surface area contributed by atoms with E-state index in [1.165, 1.54) is 6.92 Å². The number of methoxy groups -OCH3 is 1. The molecule has 0 saturated carbocycles. The maximum atomic E-state index is 12.0. The van der Waals surface area contributed by atoms with Gasteiger partial charge in [0.1, 0.15) is 0 Å². The first kappa shape index (κ1) is 15.3. The van der Waals surface area contributed by atoms with Crippen molar-refractivity contribution >= 4 is 17.9 Å². The topological polar surface area (TPSA) is 58.6 Å². The van der Waals surface area contributed by atoms with Crippen LogP contribution in [0.25, 0.3) is 6.08 Å². The molecule has 1 N–H and O–H groups in total. The minimum Gasteiger partial charge on any atom is -0.383 e. The van der Waals surface area contributed by atoms with Gasteiger partial charge in [0, 0.05) is 26.8 Å². The molecule has 1 aliphatic rings. The summed E-state index contributed by atoms with van der Waals surface area (Å²) in [5.41, 5.74) is 2.04. The third-order valence-corrected chi connectivity index (χ3v) is 3.48. The van der Waals surface area contributed by atoms with Gasteiger partial charge < -0.3 is 15.0 Å². The highest BCUT2D eigenvalue weighted by Crippen LogP contribution is 2.32. The first-order valence-electron chi connectivity index (χ1n) is 6.95. The molecule has 0 saturated heterocycles. The highest BCUT2D eigenvalue weighted by atomic mass is 16.5. The average Bonchev–Trinajstić information content (AvgIpc) is 2.47. The van der Waals surface area contributed by atoms with Gasteiger partial charge in [-0.15, -0.1) is 0 Å². The molecule has 1 aromatic carbocycles. The molecular weight excluding hydrogens is 268 g/mol. The highest BCUT2D eigenvalue weighted by Gasteiger charge is 2.27. The maximum Gasteiger partial charge on any atom is 0.223 e. The van der Waals surface area contributed by atoms with Crippen LogP contribution in [0.2, 0.25) is 0 Å². The zero-order valence-electron chi connectivity index (χ0n) is 12.3. The third kappa shape index (κ3) is 3.70. The number of ether oxygens (including phenoxy) is 1. The third-order valence-electron chi connectivity index (χ3n) is 3.48. The van der Waals surface area contributed by atoms with Gasteiger partial charge in [-0.2, -0.15) is 0 Å². The quantitative estimate of drug-likeness (QED) is 0.839. The van der Waals surface area contributed by atoms with E-state index in [1.54, 1.807) is 18.2 Å². The molecule has 1 aliphatic heterocycles. The predicted octanol–water partition coefficient (Wildman–Crippen LogP) is 1.71. The number of rotatable bonds is 5. The molecule has 0 radical (unpaired) electrons. The van der Waals surface area contributed by atoms with Crippen molar-refractivity contribution in [3.8, 4) is 0 Å². The second-order valence-electron chi connectivity index (χ2n) is 4.93. The molecule has 1 unspecified atom stereocenters. The lowest BCUT2D eigenvalue weighted by Gasteiger charge is -2.32. The number of hydrogen-bond acceptors (Lipinski definition) is 3. The van der Waals surface area contributed by atoms with Gasteiger partial charge >= 0.3 is 0 Å². The Morgan fingerprint density at radius 1 is 1.33 bits per heavy atom. The number of fused-ring (bicyclic) bond motifs is 1. The maximum absolute atomic E-state index is 12.0. The van der Waals surface area contributed by atoms with E-state index in [-0.39, 0.29) is 24.3 Å². The molecule has 1 aromatic rings. The largest absolute Gasteiger partial charge is 0.383 e. The molecule has 0 spiro atoms.